The summed E-state index contributed by atoms with van der Waals surface area (Å²) in [7, 11) is 0. The molecule has 0 spiro atoms. The molecule has 2 aromatic heterocycles. The van der Waals surface area contributed by atoms with Crippen molar-refractivity contribution in [2.75, 3.05) is 25.4 Å². The molecule has 0 saturated carbocycles. The van der Waals surface area contributed by atoms with E-state index in [2.05, 4.69) is 33.0 Å². The molecule has 1 fully saturated rings. The van der Waals surface area contributed by atoms with Gasteiger partial charge in [0, 0.05) is 49.1 Å². The van der Waals surface area contributed by atoms with Crippen molar-refractivity contribution in [1.29, 1.82) is 0 Å². The molecule has 0 aliphatic carbocycles. The van der Waals surface area contributed by atoms with Crippen molar-refractivity contribution in [3.63, 3.8) is 0 Å². The third-order valence-electron chi connectivity index (χ3n) is 7.39. The fourth-order valence-electron chi connectivity index (χ4n) is 5.26. The van der Waals surface area contributed by atoms with Crippen LogP contribution in [0, 0.1) is 0 Å². The number of benzene rings is 3. The summed E-state index contributed by atoms with van der Waals surface area (Å²) in [5.74, 6) is 1.75. The molecule has 3 aromatic carbocycles. The summed E-state index contributed by atoms with van der Waals surface area (Å²) in [6.45, 7) is 3.68. The first-order chi connectivity index (χ1) is 20.1. The molecule has 1 atom stereocenters. The van der Waals surface area contributed by atoms with Crippen molar-refractivity contribution in [3.05, 3.63) is 95.9 Å². The Balaban J connectivity index is 1.03. The lowest BCUT2D eigenvalue weighted by Gasteiger charge is -2.40. The van der Waals surface area contributed by atoms with E-state index < -0.39 is 0 Å². The Morgan fingerprint density at radius 3 is 2.51 bits per heavy atom. The van der Waals surface area contributed by atoms with E-state index in [1.807, 2.05) is 88.8 Å². The van der Waals surface area contributed by atoms with E-state index in [4.69, 9.17) is 0 Å². The molecule has 0 bridgehead atoms. The Kier molecular flexibility index (Phi) is 8.16. The van der Waals surface area contributed by atoms with Crippen molar-refractivity contribution in [2.45, 2.75) is 31.0 Å². The molecule has 208 valence electrons. The maximum atomic E-state index is 13.3. The van der Waals surface area contributed by atoms with Crippen LogP contribution in [0.1, 0.15) is 30.1 Å². The largest absolute Gasteiger partial charge is 0.339 e. The van der Waals surface area contributed by atoms with Gasteiger partial charge in [-0.2, -0.15) is 0 Å². The maximum Gasteiger partial charge on any atom is 0.254 e. The molecule has 41 heavy (non-hydrogen) atoms. The molecule has 1 unspecified atom stereocenters. The number of para-hydroxylation sites is 1. The van der Waals surface area contributed by atoms with E-state index >= 15 is 0 Å². The maximum absolute atomic E-state index is 13.3. The molecule has 7 nitrogen and oxygen atoms in total. The molecule has 0 N–H and O–H groups in total. The lowest BCUT2D eigenvalue weighted by Crippen LogP contribution is -2.55. The Labute approximate surface area is 247 Å². The molecular formula is C32H31N5O2S2. The quantitative estimate of drug-likeness (QED) is 0.157. The summed E-state index contributed by atoms with van der Waals surface area (Å²) in [6.07, 6.45) is 1.21. The highest BCUT2D eigenvalue weighted by Gasteiger charge is 2.30. The van der Waals surface area contributed by atoms with Gasteiger partial charge < -0.3 is 9.80 Å². The van der Waals surface area contributed by atoms with E-state index in [1.54, 1.807) is 23.1 Å². The van der Waals surface area contributed by atoms with Crippen LogP contribution in [0.3, 0.4) is 0 Å². The molecule has 6 rings (SSSR count). The standard InChI is InChI=1S/C32H31N5O2S2/c1-23-22-35(17-18-36(23)31(39)26-16-15-24-9-5-6-10-25(24)21-26)29(38)14-8-20-41-32-34-33-30(28-13-7-19-40-28)37(32)27-11-3-2-4-12-27/h2-7,9-13,15-16,19,21,23H,8,14,17-18,20,22H2,1H3. The topological polar surface area (TPSA) is 71.3 Å². The number of thioether (sulfide) groups is 1. The van der Waals surface area contributed by atoms with Gasteiger partial charge in [0.15, 0.2) is 11.0 Å². The van der Waals surface area contributed by atoms with Crippen LogP contribution in [0.25, 0.3) is 27.2 Å². The van der Waals surface area contributed by atoms with Crippen molar-refractivity contribution < 1.29 is 9.59 Å². The van der Waals surface area contributed by atoms with Gasteiger partial charge in [0.25, 0.3) is 5.91 Å². The zero-order valence-corrected chi connectivity index (χ0v) is 24.5. The molecule has 1 saturated heterocycles. The minimum atomic E-state index is -0.0406. The second-order valence-corrected chi connectivity index (χ2v) is 12.2. The average molecular weight is 582 g/mol. The molecule has 9 heteroatoms. The Bertz CT molecular complexity index is 1650. The van der Waals surface area contributed by atoms with Gasteiger partial charge in [-0.25, -0.2) is 0 Å². The smallest absolute Gasteiger partial charge is 0.254 e. The summed E-state index contributed by atoms with van der Waals surface area (Å²) in [6, 6.07) is 28.1. The third kappa shape index (κ3) is 5.92. The summed E-state index contributed by atoms with van der Waals surface area (Å²) < 4.78 is 2.09. The molecule has 3 heterocycles. The van der Waals surface area contributed by atoms with Gasteiger partial charge in [-0.15, -0.1) is 21.5 Å². The lowest BCUT2D eigenvalue weighted by atomic mass is 10.0. The van der Waals surface area contributed by atoms with Crippen LogP contribution >= 0.6 is 23.1 Å². The van der Waals surface area contributed by atoms with Gasteiger partial charge in [-0.3, -0.25) is 14.2 Å². The number of amides is 2. The number of carbonyl (C=O) groups excluding carboxylic acids is 2. The minimum Gasteiger partial charge on any atom is -0.339 e. The SMILES string of the molecule is CC1CN(C(=O)CCCSc2nnc(-c3cccs3)n2-c2ccccc2)CCN1C(=O)c1ccc2ccccc2c1. The van der Waals surface area contributed by atoms with Crippen LogP contribution in [0.2, 0.25) is 0 Å². The first-order valence-electron chi connectivity index (χ1n) is 13.8. The van der Waals surface area contributed by atoms with Crippen LogP contribution in [0.4, 0.5) is 0 Å². The molecule has 1 aliphatic rings. The van der Waals surface area contributed by atoms with Crippen molar-refractivity contribution in [1.82, 2.24) is 24.6 Å². The van der Waals surface area contributed by atoms with Crippen LogP contribution in [-0.2, 0) is 4.79 Å². The number of piperazine rings is 1. The minimum absolute atomic E-state index is 0.0243. The number of rotatable bonds is 8. The number of hydrogen-bond donors (Lipinski definition) is 0. The first-order valence-corrected chi connectivity index (χ1v) is 15.7. The Morgan fingerprint density at radius 2 is 1.73 bits per heavy atom. The van der Waals surface area contributed by atoms with Gasteiger partial charge in [0.2, 0.25) is 5.91 Å². The fraction of sp³-hybridized carbons (Fsp3) is 0.250. The summed E-state index contributed by atoms with van der Waals surface area (Å²) in [5, 5.41) is 14.0. The summed E-state index contributed by atoms with van der Waals surface area (Å²) in [5.41, 5.74) is 1.71. The normalized spacial score (nSPS) is 15.4. The zero-order valence-electron chi connectivity index (χ0n) is 22.8. The number of nitrogens with zero attached hydrogens (tertiary/aromatic N) is 5. The van der Waals surface area contributed by atoms with Gasteiger partial charge in [0.1, 0.15) is 0 Å². The number of aromatic nitrogens is 3. The second kappa shape index (κ2) is 12.3. The molecule has 0 radical (unpaired) electrons. The predicted molar refractivity (Wildman–Crippen MR) is 166 cm³/mol. The highest BCUT2D eigenvalue weighted by atomic mass is 32.2. The first kappa shape index (κ1) is 27.2. The van der Waals surface area contributed by atoms with Gasteiger partial charge in [0.05, 0.1) is 4.88 Å². The van der Waals surface area contributed by atoms with Crippen molar-refractivity contribution >= 4 is 45.7 Å². The molecule has 1 aliphatic heterocycles. The lowest BCUT2D eigenvalue weighted by molar-refractivity contribution is -0.133. The van der Waals surface area contributed by atoms with Gasteiger partial charge >= 0.3 is 0 Å². The van der Waals surface area contributed by atoms with Crippen molar-refractivity contribution in [3.8, 4) is 16.4 Å². The molecular weight excluding hydrogens is 551 g/mol. The molecule has 5 aromatic rings. The van der Waals surface area contributed by atoms with E-state index in [-0.39, 0.29) is 17.9 Å². The van der Waals surface area contributed by atoms with E-state index in [0.29, 0.717) is 31.6 Å². The summed E-state index contributed by atoms with van der Waals surface area (Å²) >= 11 is 3.26. The number of carbonyl (C=O) groups is 2. The van der Waals surface area contributed by atoms with Gasteiger partial charge in [-0.05, 0) is 59.8 Å². The van der Waals surface area contributed by atoms with Crippen LogP contribution in [0.5, 0.6) is 0 Å². The number of fused-ring (bicyclic) bond motifs is 1. The highest BCUT2D eigenvalue weighted by Crippen LogP contribution is 2.31. The van der Waals surface area contributed by atoms with E-state index in [9.17, 15) is 9.59 Å². The van der Waals surface area contributed by atoms with Gasteiger partial charge in [-0.1, -0.05) is 66.4 Å². The summed E-state index contributed by atoms with van der Waals surface area (Å²) in [4.78, 5) is 31.2. The number of thiophene rings is 1. The second-order valence-electron chi connectivity index (χ2n) is 10.2. The zero-order chi connectivity index (χ0) is 28.2. The Morgan fingerprint density at radius 1 is 0.927 bits per heavy atom. The number of hydrogen-bond acceptors (Lipinski definition) is 6. The Hall–Kier alpha value is -3.95. The van der Waals surface area contributed by atoms with Crippen molar-refractivity contribution in [2.24, 2.45) is 0 Å². The van der Waals surface area contributed by atoms with E-state index in [0.717, 1.165) is 44.5 Å². The monoisotopic (exact) mass is 581 g/mol. The molecule has 2 amide bonds. The van der Waals surface area contributed by atoms with Crippen LogP contribution in [-0.4, -0.2) is 67.8 Å². The van der Waals surface area contributed by atoms with Crippen LogP contribution < -0.4 is 0 Å². The fourth-order valence-corrected chi connectivity index (χ4v) is 6.85. The van der Waals surface area contributed by atoms with Crippen LogP contribution in [0.15, 0.2) is 95.5 Å². The highest BCUT2D eigenvalue weighted by molar-refractivity contribution is 7.99. The average Bonchev–Trinajstić information content (AvgIpc) is 3.69. The van der Waals surface area contributed by atoms with E-state index in [1.165, 1.54) is 0 Å². The predicted octanol–water partition coefficient (Wildman–Crippen LogP) is 6.39. The third-order valence-corrected chi connectivity index (χ3v) is 9.27.